The maximum absolute atomic E-state index is 12.5. The van der Waals surface area contributed by atoms with Crippen LogP contribution in [0.15, 0.2) is 12.7 Å². The zero-order chi connectivity index (χ0) is 34.0. The van der Waals surface area contributed by atoms with E-state index >= 15 is 0 Å². The standard InChI is InChI=1S/C19H32N7O16P3/c1-19(2,14(29)17(30)22-4-3-10(20)27)6-39-45(36,37)42-44(34,35)38-5-9-13(41-43(31,32)33)12(28)18(40-9)26-8-25-11-15(21)23-7-24-16(11)26/h7-9,12-14,18,28-29H,3-6H2,1-2H3,(H2,20,27)(H,22,30)(H,34,35)(H,36,37)(H2,21,23,24)(H2,31,32,33)/t9-,12-,13-,14+,18-/m1/s1. The largest absolute Gasteiger partial charge is 0.481 e. The number of aliphatic hydroxyl groups is 2. The number of aliphatic hydroxyl groups excluding tert-OH is 2. The van der Waals surface area contributed by atoms with Gasteiger partial charge >= 0.3 is 23.5 Å². The molecule has 45 heavy (non-hydrogen) atoms. The minimum Gasteiger partial charge on any atom is -0.386 e. The van der Waals surface area contributed by atoms with Gasteiger partial charge in [0.2, 0.25) is 11.8 Å². The Kier molecular flexibility index (Phi) is 11.6. The highest BCUT2D eigenvalue weighted by Crippen LogP contribution is 2.61. The molecule has 7 atom stereocenters. The number of imidazole rings is 1. The van der Waals surface area contributed by atoms with Crippen molar-refractivity contribution in [2.24, 2.45) is 11.1 Å². The van der Waals surface area contributed by atoms with E-state index in [4.69, 9.17) is 16.2 Å². The van der Waals surface area contributed by atoms with E-state index in [-0.39, 0.29) is 29.9 Å². The van der Waals surface area contributed by atoms with Crippen LogP contribution in [0.4, 0.5) is 5.82 Å². The van der Waals surface area contributed by atoms with Gasteiger partial charge in [-0.2, -0.15) is 4.31 Å². The van der Waals surface area contributed by atoms with Crippen LogP contribution in [0.3, 0.4) is 0 Å². The van der Waals surface area contributed by atoms with Crippen LogP contribution in [0.1, 0.15) is 26.5 Å². The van der Waals surface area contributed by atoms with Crippen molar-refractivity contribution in [3.63, 3.8) is 0 Å². The van der Waals surface area contributed by atoms with Gasteiger partial charge in [0.25, 0.3) is 0 Å². The Morgan fingerprint density at radius 2 is 1.78 bits per heavy atom. The number of phosphoric acid groups is 3. The Bertz CT molecular complexity index is 1530. The monoisotopic (exact) mass is 707 g/mol. The van der Waals surface area contributed by atoms with Gasteiger partial charge in [-0.15, -0.1) is 0 Å². The number of carbonyl (C=O) groups is 2. The fraction of sp³-hybridized carbons (Fsp3) is 0.632. The van der Waals surface area contributed by atoms with Crippen LogP contribution in [0.5, 0.6) is 0 Å². The predicted octanol–water partition coefficient (Wildman–Crippen LogP) is -2.23. The molecule has 1 fully saturated rings. The first kappa shape index (κ1) is 37.0. The van der Waals surface area contributed by atoms with Crippen LogP contribution in [-0.2, 0) is 45.9 Å². The summed E-state index contributed by atoms with van der Waals surface area (Å²) >= 11 is 0. The summed E-state index contributed by atoms with van der Waals surface area (Å²) < 4.78 is 61.4. The molecule has 0 saturated carbocycles. The van der Waals surface area contributed by atoms with Crippen molar-refractivity contribution in [3.8, 4) is 0 Å². The van der Waals surface area contributed by atoms with E-state index in [0.717, 1.165) is 17.2 Å². The Morgan fingerprint density at radius 1 is 1.13 bits per heavy atom. The molecule has 0 aromatic carbocycles. The number of primary amides is 1. The lowest BCUT2D eigenvalue weighted by Crippen LogP contribution is -2.46. The van der Waals surface area contributed by atoms with Crippen LogP contribution < -0.4 is 16.8 Å². The van der Waals surface area contributed by atoms with Crippen LogP contribution in [0.25, 0.3) is 11.2 Å². The number of nitrogen functional groups attached to an aromatic ring is 1. The summed E-state index contributed by atoms with van der Waals surface area (Å²) in [5, 5.41) is 23.3. The zero-order valence-electron chi connectivity index (χ0n) is 23.4. The summed E-state index contributed by atoms with van der Waals surface area (Å²) in [6.07, 6.45) is -6.87. The summed E-state index contributed by atoms with van der Waals surface area (Å²) in [4.78, 5) is 73.3. The van der Waals surface area contributed by atoms with Gasteiger partial charge in [0, 0.05) is 18.4 Å². The van der Waals surface area contributed by atoms with E-state index in [9.17, 15) is 53.1 Å². The molecular weight excluding hydrogens is 675 g/mol. The molecule has 2 amide bonds. The normalized spacial score (nSPS) is 24.2. The topological polar surface area (TPSA) is 361 Å². The quantitative estimate of drug-likeness (QED) is 0.0833. The highest BCUT2D eigenvalue weighted by molar-refractivity contribution is 7.61. The number of amides is 2. The second-order valence-corrected chi connectivity index (χ2v) is 14.4. The minimum absolute atomic E-state index is 0.0359. The molecule has 26 heteroatoms. The summed E-state index contributed by atoms with van der Waals surface area (Å²) in [5.74, 6) is -1.72. The van der Waals surface area contributed by atoms with Crippen molar-refractivity contribution >= 4 is 52.3 Å². The third-order valence-electron chi connectivity index (χ3n) is 6.10. The fourth-order valence-corrected chi connectivity index (χ4v) is 6.69. The average molecular weight is 707 g/mol. The first-order chi connectivity index (χ1) is 20.6. The number of nitrogens with one attached hydrogen (secondary N) is 1. The smallest absolute Gasteiger partial charge is 0.386 e. The van der Waals surface area contributed by atoms with Crippen LogP contribution in [0.2, 0.25) is 0 Å². The van der Waals surface area contributed by atoms with E-state index in [1.54, 1.807) is 0 Å². The van der Waals surface area contributed by atoms with Gasteiger partial charge in [0.05, 0.1) is 19.5 Å². The molecule has 2 unspecified atom stereocenters. The van der Waals surface area contributed by atoms with Crippen molar-refractivity contribution < 1.29 is 75.7 Å². The SMILES string of the molecule is CC(C)(COP(=O)(O)OP(=O)(O)OC[C@H]1O[C@@H](n2cnc3c(N)ncnc32)[C@H](O)[C@@H]1OP(=O)(O)O)[C@@H](O)C(=O)NCCC(N)=O. The third-order valence-corrected chi connectivity index (χ3v) is 9.20. The molecule has 2 aromatic rings. The molecule has 1 aliphatic heterocycles. The van der Waals surface area contributed by atoms with Crippen molar-refractivity contribution in [2.45, 2.75) is 50.9 Å². The molecule has 11 N–H and O–H groups in total. The molecular formula is C19H32N7O16P3. The van der Waals surface area contributed by atoms with Crippen LogP contribution in [-0.4, -0.2) is 105 Å². The second-order valence-electron chi connectivity index (χ2n) is 10.2. The Labute approximate surface area is 253 Å². The van der Waals surface area contributed by atoms with Crippen molar-refractivity contribution in [1.29, 1.82) is 0 Å². The van der Waals surface area contributed by atoms with Crippen molar-refractivity contribution in [3.05, 3.63) is 12.7 Å². The molecule has 1 saturated heterocycles. The predicted molar refractivity (Wildman–Crippen MR) is 146 cm³/mol. The lowest BCUT2D eigenvalue weighted by molar-refractivity contribution is -0.137. The Morgan fingerprint density at radius 3 is 2.40 bits per heavy atom. The number of nitrogens with zero attached hydrogens (tertiary/aromatic N) is 4. The summed E-state index contributed by atoms with van der Waals surface area (Å²) in [7, 11) is -16.3. The van der Waals surface area contributed by atoms with Crippen molar-refractivity contribution in [2.75, 3.05) is 25.5 Å². The van der Waals surface area contributed by atoms with Crippen LogP contribution in [0, 0.1) is 5.41 Å². The third kappa shape index (κ3) is 10.0. The van der Waals surface area contributed by atoms with E-state index in [2.05, 4.69) is 38.2 Å². The first-order valence-electron chi connectivity index (χ1n) is 12.5. The number of anilines is 1. The fourth-order valence-electron chi connectivity index (χ4n) is 3.86. The maximum atomic E-state index is 12.5. The number of aromatic nitrogens is 4. The lowest BCUT2D eigenvalue weighted by atomic mass is 9.87. The molecule has 0 spiro atoms. The summed E-state index contributed by atoms with van der Waals surface area (Å²) in [6.45, 7) is 0.301. The maximum Gasteiger partial charge on any atom is 0.481 e. The highest BCUT2D eigenvalue weighted by Gasteiger charge is 2.50. The Balaban J connectivity index is 1.66. The molecule has 0 aliphatic carbocycles. The molecule has 0 bridgehead atoms. The van der Waals surface area contributed by atoms with Gasteiger partial charge < -0.3 is 51.3 Å². The van der Waals surface area contributed by atoms with Gasteiger partial charge in [-0.3, -0.25) is 27.7 Å². The van der Waals surface area contributed by atoms with E-state index in [1.807, 2.05) is 0 Å². The zero-order valence-corrected chi connectivity index (χ0v) is 26.1. The minimum atomic E-state index is -5.53. The lowest BCUT2D eigenvalue weighted by Gasteiger charge is -2.30. The molecule has 3 heterocycles. The van der Waals surface area contributed by atoms with Gasteiger partial charge in [-0.1, -0.05) is 13.8 Å². The van der Waals surface area contributed by atoms with E-state index < -0.39 is 84.6 Å². The number of carbonyl (C=O) groups excluding carboxylic acids is 2. The number of fused-ring (bicyclic) bond motifs is 1. The Hall–Kier alpha value is -2.46. The number of hydrogen-bond acceptors (Lipinski definition) is 16. The first-order valence-corrected chi connectivity index (χ1v) is 17.0. The molecule has 1 aliphatic rings. The molecule has 254 valence electrons. The second kappa shape index (κ2) is 14.1. The summed E-state index contributed by atoms with van der Waals surface area (Å²) in [6, 6.07) is 0. The summed E-state index contributed by atoms with van der Waals surface area (Å²) in [5.41, 5.74) is 9.25. The van der Waals surface area contributed by atoms with Gasteiger partial charge in [-0.25, -0.2) is 28.6 Å². The van der Waals surface area contributed by atoms with E-state index in [0.29, 0.717) is 0 Å². The number of ether oxygens (including phenoxy) is 1. The van der Waals surface area contributed by atoms with Gasteiger partial charge in [0.15, 0.2) is 17.7 Å². The van der Waals surface area contributed by atoms with E-state index in [1.165, 1.54) is 13.8 Å². The average Bonchev–Trinajstić information content (AvgIpc) is 3.46. The van der Waals surface area contributed by atoms with Gasteiger partial charge in [-0.05, 0) is 0 Å². The number of nitrogens with two attached hydrogens (primary N) is 2. The molecule has 23 nitrogen and oxygen atoms in total. The molecule has 2 aromatic heterocycles. The highest BCUT2D eigenvalue weighted by atomic mass is 31.3. The van der Waals surface area contributed by atoms with Crippen molar-refractivity contribution in [1.82, 2.24) is 24.8 Å². The molecule has 3 rings (SSSR count). The molecule has 0 radical (unpaired) electrons. The number of phosphoric ester groups is 3. The number of rotatable bonds is 16. The van der Waals surface area contributed by atoms with Crippen LogP contribution >= 0.6 is 23.5 Å². The number of hydrogen-bond donors (Lipinski definition) is 9. The van der Waals surface area contributed by atoms with Gasteiger partial charge in [0.1, 0.15) is 36.3 Å².